The molecule has 5 nitrogen and oxygen atoms in total. The predicted molar refractivity (Wildman–Crippen MR) is 128 cm³/mol. The van der Waals surface area contributed by atoms with Crippen molar-refractivity contribution in [3.8, 4) is 0 Å². The number of rotatable bonds is 8. The molecule has 0 aliphatic carbocycles. The molecule has 1 aromatic carbocycles. The SMILES string of the molecule is CCNC(=NCC1CCCN1CC)NCCCc1nc2ccccc2s1.I. The van der Waals surface area contributed by atoms with Gasteiger partial charge in [0.25, 0.3) is 0 Å². The highest BCUT2D eigenvalue weighted by Crippen LogP contribution is 2.22. The van der Waals surface area contributed by atoms with Crippen LogP contribution in [0.5, 0.6) is 0 Å². The average Bonchev–Trinajstić information content (AvgIpc) is 3.28. The minimum Gasteiger partial charge on any atom is -0.357 e. The fourth-order valence-electron chi connectivity index (χ4n) is 3.53. The van der Waals surface area contributed by atoms with E-state index in [1.54, 1.807) is 11.3 Å². The van der Waals surface area contributed by atoms with Crippen LogP contribution in [0, 0.1) is 0 Å². The molecule has 7 heteroatoms. The number of aryl methyl sites for hydroxylation is 1. The van der Waals surface area contributed by atoms with Gasteiger partial charge >= 0.3 is 0 Å². The number of hydrogen-bond acceptors (Lipinski definition) is 4. The standard InChI is InChI=1S/C20H31N5S.HI/c1-3-21-20(23-15-16-9-8-14-25(16)4-2)22-13-7-12-19-24-17-10-5-6-11-18(17)26-19;/h5-6,10-11,16H,3-4,7-9,12-15H2,1-2H3,(H2,21,22,23);1H. The van der Waals surface area contributed by atoms with Gasteiger partial charge in [-0.3, -0.25) is 9.89 Å². The molecule has 2 aromatic rings. The van der Waals surface area contributed by atoms with Gasteiger partial charge in [0.2, 0.25) is 0 Å². The van der Waals surface area contributed by atoms with Crippen molar-refractivity contribution in [2.75, 3.05) is 32.7 Å². The van der Waals surface area contributed by atoms with E-state index in [0.29, 0.717) is 6.04 Å². The summed E-state index contributed by atoms with van der Waals surface area (Å²) in [7, 11) is 0. The van der Waals surface area contributed by atoms with Crippen LogP contribution in [0.4, 0.5) is 0 Å². The van der Waals surface area contributed by atoms with E-state index >= 15 is 0 Å². The highest BCUT2D eigenvalue weighted by Gasteiger charge is 2.22. The minimum atomic E-state index is 0. The van der Waals surface area contributed by atoms with Crippen LogP contribution in [0.25, 0.3) is 10.2 Å². The Kier molecular flexibility index (Phi) is 9.78. The van der Waals surface area contributed by atoms with Gasteiger partial charge in [-0.1, -0.05) is 19.1 Å². The molecule has 0 radical (unpaired) electrons. The lowest BCUT2D eigenvalue weighted by Gasteiger charge is -2.21. The second-order valence-corrected chi connectivity index (χ2v) is 7.87. The summed E-state index contributed by atoms with van der Waals surface area (Å²) in [6.45, 7) is 9.42. The van der Waals surface area contributed by atoms with Crippen molar-refractivity contribution in [1.82, 2.24) is 20.5 Å². The molecule has 0 amide bonds. The fraction of sp³-hybridized carbons (Fsp3) is 0.600. The Morgan fingerprint density at radius 1 is 1.30 bits per heavy atom. The number of likely N-dealkylation sites (tertiary alicyclic amines) is 1. The molecule has 0 spiro atoms. The second kappa shape index (κ2) is 11.8. The third-order valence-electron chi connectivity index (χ3n) is 4.91. The summed E-state index contributed by atoms with van der Waals surface area (Å²) in [5.74, 6) is 0.944. The van der Waals surface area contributed by atoms with Gasteiger partial charge in [0.1, 0.15) is 0 Å². The van der Waals surface area contributed by atoms with Crippen LogP contribution in [0.3, 0.4) is 0 Å². The quantitative estimate of drug-likeness (QED) is 0.250. The first-order valence-corrected chi connectivity index (χ1v) is 10.7. The van der Waals surface area contributed by atoms with Crippen LogP contribution in [-0.4, -0.2) is 54.6 Å². The summed E-state index contributed by atoms with van der Waals surface area (Å²) in [5, 5.41) is 8.07. The number of hydrogen-bond donors (Lipinski definition) is 2. The Bertz CT molecular complexity index is 684. The molecule has 2 heterocycles. The Hall–Kier alpha value is -0.930. The smallest absolute Gasteiger partial charge is 0.191 e. The number of fused-ring (bicyclic) bond motifs is 1. The van der Waals surface area contributed by atoms with Gasteiger partial charge in [-0.05, 0) is 51.4 Å². The van der Waals surface area contributed by atoms with Gasteiger partial charge < -0.3 is 10.6 Å². The van der Waals surface area contributed by atoms with E-state index in [0.717, 1.165) is 50.5 Å². The molecule has 1 atom stereocenters. The normalized spacial score (nSPS) is 17.9. The van der Waals surface area contributed by atoms with Gasteiger partial charge in [0.05, 0.1) is 21.8 Å². The number of likely N-dealkylation sites (N-methyl/N-ethyl adjacent to an activating group) is 1. The molecule has 3 rings (SSSR count). The Morgan fingerprint density at radius 3 is 2.93 bits per heavy atom. The van der Waals surface area contributed by atoms with Crippen LogP contribution in [-0.2, 0) is 6.42 Å². The van der Waals surface area contributed by atoms with Crippen LogP contribution >= 0.6 is 35.3 Å². The minimum absolute atomic E-state index is 0. The maximum atomic E-state index is 4.81. The number of nitrogens with one attached hydrogen (secondary N) is 2. The number of aliphatic imine (C=N–C) groups is 1. The van der Waals surface area contributed by atoms with Gasteiger partial charge in [-0.15, -0.1) is 35.3 Å². The first kappa shape index (κ1) is 22.4. The van der Waals surface area contributed by atoms with E-state index in [4.69, 9.17) is 9.98 Å². The molecule has 2 N–H and O–H groups in total. The zero-order valence-electron chi connectivity index (χ0n) is 16.4. The fourth-order valence-corrected chi connectivity index (χ4v) is 4.54. The molecule has 150 valence electrons. The lowest BCUT2D eigenvalue weighted by atomic mass is 10.2. The molecule has 1 aliphatic rings. The molecule has 1 saturated heterocycles. The second-order valence-electron chi connectivity index (χ2n) is 6.75. The molecule has 1 aliphatic heterocycles. The first-order chi connectivity index (χ1) is 12.8. The van der Waals surface area contributed by atoms with Crippen molar-refractivity contribution >= 4 is 51.5 Å². The van der Waals surface area contributed by atoms with E-state index < -0.39 is 0 Å². The topological polar surface area (TPSA) is 52.6 Å². The van der Waals surface area contributed by atoms with Crippen molar-refractivity contribution in [2.45, 2.75) is 45.6 Å². The van der Waals surface area contributed by atoms with Crippen LogP contribution in [0.2, 0.25) is 0 Å². The Balaban J connectivity index is 0.00000261. The summed E-state index contributed by atoms with van der Waals surface area (Å²) in [5.41, 5.74) is 1.12. The number of guanidine groups is 1. The summed E-state index contributed by atoms with van der Waals surface area (Å²) in [6.07, 6.45) is 4.65. The summed E-state index contributed by atoms with van der Waals surface area (Å²) < 4.78 is 1.28. The number of benzene rings is 1. The number of aromatic nitrogens is 1. The summed E-state index contributed by atoms with van der Waals surface area (Å²) in [4.78, 5) is 12.1. The van der Waals surface area contributed by atoms with Crippen molar-refractivity contribution in [3.05, 3.63) is 29.3 Å². The average molecular weight is 501 g/mol. The van der Waals surface area contributed by atoms with Gasteiger partial charge in [-0.2, -0.15) is 0 Å². The zero-order valence-corrected chi connectivity index (χ0v) is 19.6. The molecule has 27 heavy (non-hydrogen) atoms. The highest BCUT2D eigenvalue weighted by molar-refractivity contribution is 14.0. The monoisotopic (exact) mass is 501 g/mol. The van der Waals surface area contributed by atoms with Crippen LogP contribution in [0.15, 0.2) is 29.3 Å². The third-order valence-corrected chi connectivity index (χ3v) is 6.00. The zero-order chi connectivity index (χ0) is 18.2. The first-order valence-electron chi connectivity index (χ1n) is 9.90. The third kappa shape index (κ3) is 6.57. The Morgan fingerprint density at radius 2 is 2.15 bits per heavy atom. The Labute approximate surface area is 184 Å². The molecule has 1 aromatic heterocycles. The van der Waals surface area contributed by atoms with Crippen molar-refractivity contribution in [2.24, 2.45) is 4.99 Å². The number of para-hydroxylation sites is 1. The van der Waals surface area contributed by atoms with Crippen molar-refractivity contribution < 1.29 is 0 Å². The van der Waals surface area contributed by atoms with E-state index in [1.165, 1.54) is 29.1 Å². The number of nitrogens with zero attached hydrogens (tertiary/aromatic N) is 3. The summed E-state index contributed by atoms with van der Waals surface area (Å²) >= 11 is 1.81. The van der Waals surface area contributed by atoms with Crippen molar-refractivity contribution in [1.29, 1.82) is 0 Å². The van der Waals surface area contributed by atoms with Gasteiger partial charge in [-0.25, -0.2) is 4.98 Å². The summed E-state index contributed by atoms with van der Waals surface area (Å²) in [6, 6.07) is 8.98. The maximum Gasteiger partial charge on any atom is 0.191 e. The predicted octanol–water partition coefficient (Wildman–Crippen LogP) is 3.89. The molecule has 0 saturated carbocycles. The number of thiazole rings is 1. The van der Waals surface area contributed by atoms with Crippen molar-refractivity contribution in [3.63, 3.8) is 0 Å². The lowest BCUT2D eigenvalue weighted by Crippen LogP contribution is -2.39. The maximum absolute atomic E-state index is 4.81. The molecule has 1 fully saturated rings. The highest BCUT2D eigenvalue weighted by atomic mass is 127. The molecule has 0 bridgehead atoms. The lowest BCUT2D eigenvalue weighted by molar-refractivity contribution is 0.273. The number of halogens is 1. The molecule has 1 unspecified atom stereocenters. The van der Waals surface area contributed by atoms with Crippen LogP contribution in [0.1, 0.15) is 38.1 Å². The van der Waals surface area contributed by atoms with E-state index in [-0.39, 0.29) is 24.0 Å². The van der Waals surface area contributed by atoms with E-state index in [2.05, 4.69) is 53.6 Å². The van der Waals surface area contributed by atoms with Crippen LogP contribution < -0.4 is 10.6 Å². The largest absolute Gasteiger partial charge is 0.357 e. The molecular weight excluding hydrogens is 469 g/mol. The van der Waals surface area contributed by atoms with E-state index in [1.807, 2.05) is 0 Å². The van der Waals surface area contributed by atoms with Gasteiger partial charge in [0.15, 0.2) is 5.96 Å². The van der Waals surface area contributed by atoms with E-state index in [9.17, 15) is 0 Å². The van der Waals surface area contributed by atoms with Gasteiger partial charge in [0, 0.05) is 25.6 Å². The molecular formula is C20H32IN5S.